The molecule has 0 aliphatic heterocycles. The summed E-state index contributed by atoms with van der Waals surface area (Å²) in [5, 5.41) is 0. The number of allylic oxidation sites excluding steroid dienone is 2. The number of hydrogen-bond donors (Lipinski definition) is 0. The van der Waals surface area contributed by atoms with Crippen LogP contribution < -0.4 is 0 Å². The Labute approximate surface area is 55.5 Å². The van der Waals surface area contributed by atoms with Crippen LogP contribution in [0.4, 0.5) is 0 Å². The monoisotopic (exact) mass is 130 g/mol. The van der Waals surface area contributed by atoms with E-state index in [1.807, 2.05) is 0 Å². The van der Waals surface area contributed by atoms with E-state index in [0.29, 0.717) is 5.88 Å². The maximum Gasteiger partial charge on any atom is 0.0430 e. The molecule has 0 bridgehead atoms. The molecule has 0 radical (unpaired) electrons. The van der Waals surface area contributed by atoms with Gasteiger partial charge in [-0.05, 0) is 25.7 Å². The van der Waals surface area contributed by atoms with Crippen molar-refractivity contribution in [1.29, 1.82) is 0 Å². The number of halogens is 1. The molecular formula is C7H11Cl. The van der Waals surface area contributed by atoms with Crippen molar-refractivity contribution in [1.82, 2.24) is 0 Å². The first-order valence-electron chi connectivity index (χ1n) is 3.06. The molecule has 0 saturated heterocycles. The van der Waals surface area contributed by atoms with Gasteiger partial charge in [0.15, 0.2) is 0 Å². The van der Waals surface area contributed by atoms with Gasteiger partial charge in [-0.25, -0.2) is 0 Å². The quantitative estimate of drug-likeness (QED) is 0.398. The Morgan fingerprint density at radius 1 is 1.75 bits per heavy atom. The molecule has 1 aliphatic carbocycles. The average Bonchev–Trinajstić information content (AvgIpc) is 2.50. The molecule has 0 spiro atoms. The minimum absolute atomic E-state index is 0.705. The summed E-state index contributed by atoms with van der Waals surface area (Å²) in [6, 6.07) is 0. The van der Waals surface area contributed by atoms with E-state index < -0.39 is 0 Å². The van der Waals surface area contributed by atoms with Crippen LogP contribution in [0.2, 0.25) is 0 Å². The van der Waals surface area contributed by atoms with Crippen molar-refractivity contribution in [2.45, 2.75) is 19.8 Å². The van der Waals surface area contributed by atoms with E-state index in [2.05, 4.69) is 13.0 Å². The molecule has 1 aliphatic rings. The minimum Gasteiger partial charge on any atom is -0.122 e. The zero-order valence-corrected chi connectivity index (χ0v) is 5.91. The first-order valence-corrected chi connectivity index (χ1v) is 3.59. The molecule has 1 rings (SSSR count). The third-order valence-corrected chi connectivity index (χ3v) is 1.77. The fourth-order valence-electron chi connectivity index (χ4n) is 0.710. The van der Waals surface area contributed by atoms with Crippen LogP contribution in [-0.4, -0.2) is 5.88 Å². The largest absolute Gasteiger partial charge is 0.122 e. The van der Waals surface area contributed by atoms with Crippen LogP contribution in [0.25, 0.3) is 0 Å². The summed E-state index contributed by atoms with van der Waals surface area (Å²) in [6.07, 6.45) is 5.05. The lowest BCUT2D eigenvalue weighted by Crippen LogP contribution is -1.76. The van der Waals surface area contributed by atoms with Gasteiger partial charge in [-0.1, -0.05) is 11.6 Å². The molecule has 8 heavy (non-hydrogen) atoms. The van der Waals surface area contributed by atoms with Crippen LogP contribution in [0.15, 0.2) is 11.6 Å². The SMILES string of the molecule is CC(=CC1CC1)CCl. The average molecular weight is 131 g/mol. The van der Waals surface area contributed by atoms with Gasteiger partial charge in [-0.2, -0.15) is 0 Å². The molecule has 0 aromatic rings. The Bertz CT molecular complexity index is 101. The standard InChI is InChI=1S/C7H11Cl/c1-6(5-8)4-7-2-3-7/h4,7H,2-3,5H2,1H3. The van der Waals surface area contributed by atoms with Gasteiger partial charge in [-0.15, -0.1) is 11.6 Å². The normalized spacial score (nSPS) is 21.5. The van der Waals surface area contributed by atoms with Crippen molar-refractivity contribution in [3.8, 4) is 0 Å². The summed E-state index contributed by atoms with van der Waals surface area (Å²) < 4.78 is 0. The number of hydrogen-bond acceptors (Lipinski definition) is 0. The van der Waals surface area contributed by atoms with Gasteiger partial charge >= 0.3 is 0 Å². The van der Waals surface area contributed by atoms with E-state index in [-0.39, 0.29) is 0 Å². The maximum atomic E-state index is 5.56. The highest BCUT2D eigenvalue weighted by Crippen LogP contribution is 2.31. The highest BCUT2D eigenvalue weighted by atomic mass is 35.5. The third kappa shape index (κ3) is 1.87. The van der Waals surface area contributed by atoms with Crippen LogP contribution in [0, 0.1) is 5.92 Å². The molecule has 0 N–H and O–H groups in total. The van der Waals surface area contributed by atoms with Crippen molar-refractivity contribution in [3.63, 3.8) is 0 Å². The molecule has 1 heteroatoms. The Hall–Kier alpha value is 0.0300. The Morgan fingerprint density at radius 3 is 2.75 bits per heavy atom. The second-order valence-electron chi connectivity index (χ2n) is 2.48. The van der Waals surface area contributed by atoms with Gasteiger partial charge in [0.1, 0.15) is 0 Å². The molecule has 1 saturated carbocycles. The topological polar surface area (TPSA) is 0 Å². The molecule has 46 valence electrons. The lowest BCUT2D eigenvalue weighted by molar-refractivity contribution is 1.09. The van der Waals surface area contributed by atoms with Crippen molar-refractivity contribution >= 4 is 11.6 Å². The van der Waals surface area contributed by atoms with Gasteiger partial charge in [0.25, 0.3) is 0 Å². The Kier molecular flexibility index (Phi) is 1.95. The van der Waals surface area contributed by atoms with Crippen molar-refractivity contribution in [3.05, 3.63) is 11.6 Å². The second-order valence-corrected chi connectivity index (χ2v) is 2.75. The summed E-state index contributed by atoms with van der Waals surface area (Å²) in [5.74, 6) is 1.59. The highest BCUT2D eigenvalue weighted by Gasteiger charge is 2.17. The van der Waals surface area contributed by atoms with Gasteiger partial charge in [0.05, 0.1) is 0 Å². The predicted octanol–water partition coefficient (Wildman–Crippen LogP) is 2.58. The van der Waals surface area contributed by atoms with Crippen LogP contribution in [0.1, 0.15) is 19.8 Å². The van der Waals surface area contributed by atoms with Crippen molar-refractivity contribution in [2.75, 3.05) is 5.88 Å². The number of rotatable bonds is 2. The van der Waals surface area contributed by atoms with Crippen LogP contribution >= 0.6 is 11.6 Å². The predicted molar refractivity (Wildman–Crippen MR) is 37.2 cm³/mol. The molecule has 0 atom stereocenters. The van der Waals surface area contributed by atoms with Gasteiger partial charge in [0, 0.05) is 5.88 Å². The smallest absolute Gasteiger partial charge is 0.0430 e. The van der Waals surface area contributed by atoms with Crippen LogP contribution in [0.3, 0.4) is 0 Å². The molecule has 0 aromatic heterocycles. The fraction of sp³-hybridized carbons (Fsp3) is 0.714. The summed E-state index contributed by atoms with van der Waals surface area (Å²) >= 11 is 5.56. The molecule has 0 aromatic carbocycles. The summed E-state index contributed by atoms with van der Waals surface area (Å²) in [6.45, 7) is 2.09. The van der Waals surface area contributed by atoms with E-state index >= 15 is 0 Å². The van der Waals surface area contributed by atoms with E-state index in [9.17, 15) is 0 Å². The maximum absolute atomic E-state index is 5.56. The van der Waals surface area contributed by atoms with Crippen molar-refractivity contribution < 1.29 is 0 Å². The van der Waals surface area contributed by atoms with E-state index in [1.54, 1.807) is 0 Å². The van der Waals surface area contributed by atoms with E-state index in [4.69, 9.17) is 11.6 Å². The summed E-state index contributed by atoms with van der Waals surface area (Å²) in [4.78, 5) is 0. The summed E-state index contributed by atoms with van der Waals surface area (Å²) in [7, 11) is 0. The molecule has 0 heterocycles. The zero-order valence-electron chi connectivity index (χ0n) is 5.15. The first-order chi connectivity index (χ1) is 3.83. The van der Waals surface area contributed by atoms with E-state index in [1.165, 1.54) is 18.4 Å². The van der Waals surface area contributed by atoms with Crippen molar-refractivity contribution in [2.24, 2.45) is 5.92 Å². The molecule has 0 nitrogen and oxygen atoms in total. The zero-order chi connectivity index (χ0) is 5.98. The molecule has 1 fully saturated rings. The molecule has 0 unspecified atom stereocenters. The van der Waals surface area contributed by atoms with E-state index in [0.717, 1.165) is 5.92 Å². The number of alkyl halides is 1. The molecular weight excluding hydrogens is 120 g/mol. The molecule has 0 amide bonds. The van der Waals surface area contributed by atoms with Crippen LogP contribution in [0.5, 0.6) is 0 Å². The van der Waals surface area contributed by atoms with Crippen LogP contribution in [-0.2, 0) is 0 Å². The lowest BCUT2D eigenvalue weighted by atomic mass is 10.2. The van der Waals surface area contributed by atoms with Gasteiger partial charge in [-0.3, -0.25) is 0 Å². The summed E-state index contributed by atoms with van der Waals surface area (Å²) in [5.41, 5.74) is 1.33. The van der Waals surface area contributed by atoms with Gasteiger partial charge < -0.3 is 0 Å². The lowest BCUT2D eigenvalue weighted by Gasteiger charge is -1.88. The Morgan fingerprint density at radius 2 is 2.38 bits per heavy atom. The first kappa shape index (κ1) is 6.15. The second kappa shape index (κ2) is 2.54. The highest BCUT2D eigenvalue weighted by molar-refractivity contribution is 6.19. The third-order valence-electron chi connectivity index (χ3n) is 1.35. The fourth-order valence-corrected chi connectivity index (χ4v) is 0.799. The minimum atomic E-state index is 0.705. The van der Waals surface area contributed by atoms with Gasteiger partial charge in [0.2, 0.25) is 0 Å². The Balaban J connectivity index is 2.27.